The summed E-state index contributed by atoms with van der Waals surface area (Å²) >= 11 is 1.46. The van der Waals surface area contributed by atoms with Crippen molar-refractivity contribution in [1.82, 2.24) is 4.72 Å². The standard InChI is InChI=1S/C23H22FNO5S2/c1-15-3-9-20(14-21(15)23(26)27)32(28,29)25-11-12-31-19-7-4-17(5-8-19)30-18-6-10-22(24)16(2)13-18/h3-10,13-14,25H,11-12H2,1-2H3,(H,26,27). The fourth-order valence-corrected chi connectivity index (χ4v) is 4.80. The third kappa shape index (κ3) is 6.09. The quantitative estimate of drug-likeness (QED) is 0.334. The molecule has 0 fully saturated rings. The minimum Gasteiger partial charge on any atom is -0.478 e. The maximum Gasteiger partial charge on any atom is 0.335 e. The van der Waals surface area contributed by atoms with Crippen molar-refractivity contribution in [1.29, 1.82) is 0 Å². The van der Waals surface area contributed by atoms with Gasteiger partial charge in [-0.3, -0.25) is 0 Å². The third-order valence-corrected chi connectivity index (χ3v) is 7.07. The smallest absolute Gasteiger partial charge is 0.335 e. The molecule has 3 rings (SSSR count). The lowest BCUT2D eigenvalue weighted by atomic mass is 10.1. The Morgan fingerprint density at radius 1 is 1.00 bits per heavy atom. The minimum atomic E-state index is -3.81. The number of rotatable bonds is 9. The molecule has 0 saturated carbocycles. The number of sulfonamides is 1. The molecule has 0 heterocycles. The number of carboxylic acid groups (broad SMARTS) is 1. The molecule has 0 aromatic heterocycles. The topological polar surface area (TPSA) is 92.7 Å². The predicted octanol–water partition coefficient (Wildman–Crippen LogP) is 5.00. The largest absolute Gasteiger partial charge is 0.478 e. The van der Waals surface area contributed by atoms with Crippen LogP contribution >= 0.6 is 11.8 Å². The predicted molar refractivity (Wildman–Crippen MR) is 122 cm³/mol. The SMILES string of the molecule is Cc1cc(Oc2ccc(SCCNS(=O)(=O)c3ccc(C)c(C(=O)O)c3)cc2)ccc1F. The van der Waals surface area contributed by atoms with Gasteiger partial charge in [-0.1, -0.05) is 6.07 Å². The van der Waals surface area contributed by atoms with Crippen LogP contribution in [0.5, 0.6) is 11.5 Å². The summed E-state index contributed by atoms with van der Waals surface area (Å²) in [7, 11) is -3.81. The third-order valence-electron chi connectivity index (χ3n) is 4.60. The lowest BCUT2D eigenvalue weighted by Crippen LogP contribution is -2.26. The van der Waals surface area contributed by atoms with E-state index in [1.54, 1.807) is 38.1 Å². The molecule has 9 heteroatoms. The normalized spacial score (nSPS) is 11.3. The number of thioether (sulfide) groups is 1. The Balaban J connectivity index is 1.52. The zero-order valence-electron chi connectivity index (χ0n) is 17.5. The van der Waals surface area contributed by atoms with Crippen LogP contribution < -0.4 is 9.46 Å². The van der Waals surface area contributed by atoms with Crippen molar-refractivity contribution < 1.29 is 27.4 Å². The summed E-state index contributed by atoms with van der Waals surface area (Å²) in [4.78, 5) is 12.1. The zero-order valence-corrected chi connectivity index (χ0v) is 19.1. The van der Waals surface area contributed by atoms with Gasteiger partial charge in [0, 0.05) is 17.2 Å². The molecule has 3 aromatic rings. The Hall–Kier alpha value is -2.88. The number of hydrogen-bond donors (Lipinski definition) is 2. The molecular weight excluding hydrogens is 453 g/mol. The van der Waals surface area contributed by atoms with Crippen LogP contribution in [0.3, 0.4) is 0 Å². The molecule has 0 unspecified atom stereocenters. The Kier molecular flexibility index (Phi) is 7.55. The fourth-order valence-electron chi connectivity index (χ4n) is 2.85. The van der Waals surface area contributed by atoms with Gasteiger partial charge in [-0.25, -0.2) is 22.3 Å². The molecule has 0 spiro atoms. The lowest BCUT2D eigenvalue weighted by molar-refractivity contribution is 0.0696. The zero-order chi connectivity index (χ0) is 23.3. The number of nitrogens with one attached hydrogen (secondary N) is 1. The van der Waals surface area contributed by atoms with Crippen LogP contribution in [0.4, 0.5) is 4.39 Å². The van der Waals surface area contributed by atoms with Crippen LogP contribution in [0.1, 0.15) is 21.5 Å². The number of benzene rings is 3. The van der Waals surface area contributed by atoms with Gasteiger partial charge in [0.25, 0.3) is 0 Å². The first-order valence-corrected chi connectivity index (χ1v) is 12.1. The van der Waals surface area contributed by atoms with Gasteiger partial charge in [0.1, 0.15) is 17.3 Å². The van der Waals surface area contributed by atoms with Gasteiger partial charge in [-0.05, 0) is 79.6 Å². The average Bonchev–Trinajstić information content (AvgIpc) is 2.75. The van der Waals surface area contributed by atoms with Crippen molar-refractivity contribution in [2.75, 3.05) is 12.3 Å². The van der Waals surface area contributed by atoms with Crippen LogP contribution in [-0.4, -0.2) is 31.8 Å². The summed E-state index contributed by atoms with van der Waals surface area (Å²) in [6, 6.07) is 15.8. The summed E-state index contributed by atoms with van der Waals surface area (Å²) in [5.41, 5.74) is 0.955. The van der Waals surface area contributed by atoms with Gasteiger partial charge in [-0.15, -0.1) is 11.8 Å². The molecule has 0 bridgehead atoms. The number of carboxylic acids is 1. The Labute approximate surface area is 190 Å². The van der Waals surface area contributed by atoms with Crippen molar-refractivity contribution >= 4 is 27.8 Å². The summed E-state index contributed by atoms with van der Waals surface area (Å²) in [5.74, 6) is 0.172. The number of aromatic carboxylic acids is 1. The summed E-state index contributed by atoms with van der Waals surface area (Å²) in [6.45, 7) is 3.46. The molecule has 0 aliphatic heterocycles. The molecule has 0 amide bonds. The fraction of sp³-hybridized carbons (Fsp3) is 0.174. The molecule has 0 saturated heterocycles. The van der Waals surface area contributed by atoms with Crippen molar-refractivity contribution in [3.8, 4) is 11.5 Å². The summed E-state index contributed by atoms with van der Waals surface area (Å²) < 4.78 is 46.4. The summed E-state index contributed by atoms with van der Waals surface area (Å²) in [6.07, 6.45) is 0. The maximum atomic E-state index is 13.3. The van der Waals surface area contributed by atoms with Crippen molar-refractivity contribution in [3.05, 3.63) is 83.2 Å². The molecule has 2 N–H and O–H groups in total. The van der Waals surface area contributed by atoms with Crippen molar-refractivity contribution in [3.63, 3.8) is 0 Å². The van der Waals surface area contributed by atoms with E-state index in [-0.39, 0.29) is 22.8 Å². The number of halogens is 1. The van der Waals surface area contributed by atoms with Crippen LogP contribution in [-0.2, 0) is 10.0 Å². The minimum absolute atomic E-state index is 0.0413. The molecule has 0 radical (unpaired) electrons. The van der Waals surface area contributed by atoms with Crippen LogP contribution in [0.15, 0.2) is 70.5 Å². The van der Waals surface area contributed by atoms with Gasteiger partial charge in [0.2, 0.25) is 10.0 Å². The number of ether oxygens (including phenoxy) is 1. The molecule has 0 aliphatic rings. The molecule has 168 valence electrons. The highest BCUT2D eigenvalue weighted by molar-refractivity contribution is 7.99. The second-order valence-corrected chi connectivity index (χ2v) is 9.95. The van der Waals surface area contributed by atoms with Crippen LogP contribution in [0.25, 0.3) is 0 Å². The Morgan fingerprint density at radius 3 is 2.34 bits per heavy atom. The van der Waals surface area contributed by atoms with Gasteiger partial charge in [-0.2, -0.15) is 0 Å². The van der Waals surface area contributed by atoms with E-state index in [9.17, 15) is 22.7 Å². The second kappa shape index (κ2) is 10.2. The lowest BCUT2D eigenvalue weighted by Gasteiger charge is -2.09. The van der Waals surface area contributed by atoms with E-state index in [1.807, 2.05) is 12.1 Å². The van der Waals surface area contributed by atoms with Crippen LogP contribution in [0, 0.1) is 19.7 Å². The molecule has 0 atom stereocenters. The van der Waals surface area contributed by atoms with Crippen molar-refractivity contribution in [2.24, 2.45) is 0 Å². The van der Waals surface area contributed by atoms with Gasteiger partial charge < -0.3 is 9.84 Å². The van der Waals surface area contributed by atoms with Gasteiger partial charge in [0.15, 0.2) is 0 Å². The van der Waals surface area contributed by atoms with Gasteiger partial charge in [0.05, 0.1) is 10.5 Å². The van der Waals surface area contributed by atoms with E-state index in [1.165, 1.54) is 30.0 Å². The molecular formula is C23H22FNO5S2. The first kappa shape index (κ1) is 23.8. The highest BCUT2D eigenvalue weighted by atomic mass is 32.2. The highest BCUT2D eigenvalue weighted by Crippen LogP contribution is 2.26. The second-order valence-electron chi connectivity index (χ2n) is 7.01. The van der Waals surface area contributed by atoms with E-state index in [2.05, 4.69) is 4.72 Å². The van der Waals surface area contributed by atoms with E-state index in [0.717, 1.165) is 11.0 Å². The van der Waals surface area contributed by atoms with E-state index in [4.69, 9.17) is 4.74 Å². The molecule has 3 aromatic carbocycles. The average molecular weight is 476 g/mol. The number of hydrogen-bond acceptors (Lipinski definition) is 5. The van der Waals surface area contributed by atoms with Crippen molar-refractivity contribution in [2.45, 2.75) is 23.6 Å². The maximum absolute atomic E-state index is 13.3. The van der Waals surface area contributed by atoms with Crippen LogP contribution in [0.2, 0.25) is 0 Å². The molecule has 6 nitrogen and oxygen atoms in total. The first-order valence-electron chi connectivity index (χ1n) is 9.66. The monoisotopic (exact) mass is 475 g/mol. The van der Waals surface area contributed by atoms with E-state index in [0.29, 0.717) is 28.4 Å². The number of carbonyl (C=O) groups is 1. The van der Waals surface area contributed by atoms with Gasteiger partial charge >= 0.3 is 5.97 Å². The Morgan fingerprint density at radius 2 is 1.69 bits per heavy atom. The summed E-state index contributed by atoms with van der Waals surface area (Å²) in [5, 5.41) is 9.18. The highest BCUT2D eigenvalue weighted by Gasteiger charge is 2.17. The number of aryl methyl sites for hydroxylation is 2. The first-order chi connectivity index (χ1) is 15.2. The Bertz CT molecular complexity index is 1230. The molecule has 0 aliphatic carbocycles. The van der Waals surface area contributed by atoms with E-state index >= 15 is 0 Å². The van der Waals surface area contributed by atoms with E-state index < -0.39 is 16.0 Å². The molecule has 32 heavy (non-hydrogen) atoms.